The quantitative estimate of drug-likeness (QED) is 0.0172. The van der Waals surface area contributed by atoms with Crippen LogP contribution in [-0.2, 0) is 95.3 Å². The van der Waals surface area contributed by atoms with Crippen LogP contribution in [0.4, 0.5) is 9.59 Å². The van der Waals surface area contributed by atoms with Crippen molar-refractivity contribution in [1.29, 1.82) is 0 Å². The van der Waals surface area contributed by atoms with Crippen LogP contribution in [0.2, 0.25) is 0 Å². The molecule has 32 nitrogen and oxygen atoms in total. The standard InChI is InChI=1S/C42H60N4O12.C34H44N4O12/c1-41(2,3)57-38(50)16-22-54-24-18-43-35(47)27-46(28-36(48)44-19-25-55-23-17-39(51)58-42(4,5)6)37(49)15-21-53-26-20-45-40(52)56-29-34-32-13-9-7-11-30(32)31-12-8-10-14-33(31)34;39-29(35-12-18-48-16-10-32(42)43)21-38(22-30(40)36-13-19-49-17-11-33(44)45)31(41)9-15-47-20-14-37-34(46)50-23-28-26-7-3-1-5-24(26)25-6-2-4-8-27(25)28/h7-14,34H,15-29H2,1-6H3,(H,43,47)(H,44,48)(H,45,52);1-8,28H,9-23H2,(H,35,39)(H,36,40)(H,37,46)(H,42,43)(H,44,45). The second-order valence-electron chi connectivity index (χ2n) is 26.5. The smallest absolute Gasteiger partial charge is 0.407 e. The van der Waals surface area contributed by atoms with Crippen molar-refractivity contribution in [1.82, 2.24) is 41.7 Å². The molecule has 0 aliphatic heterocycles. The summed E-state index contributed by atoms with van der Waals surface area (Å²) in [5, 5.41) is 33.0. The Balaban J connectivity index is 0.000000391. The van der Waals surface area contributed by atoms with Crippen molar-refractivity contribution in [2.24, 2.45) is 0 Å². The van der Waals surface area contributed by atoms with Crippen LogP contribution in [0.1, 0.15) is 114 Å². The lowest BCUT2D eigenvalue weighted by Crippen LogP contribution is -2.46. The van der Waals surface area contributed by atoms with E-state index in [0.29, 0.717) is 0 Å². The molecule has 0 unspecified atom stereocenters. The first-order valence-corrected chi connectivity index (χ1v) is 35.8. The van der Waals surface area contributed by atoms with Crippen LogP contribution in [0.25, 0.3) is 22.3 Å². The fourth-order valence-corrected chi connectivity index (χ4v) is 10.8. The van der Waals surface area contributed by atoms with E-state index in [4.69, 9.17) is 57.6 Å². The molecule has 2 aliphatic carbocycles. The fourth-order valence-electron chi connectivity index (χ4n) is 10.8. The molecule has 0 fully saturated rings. The van der Waals surface area contributed by atoms with Crippen molar-refractivity contribution in [2.75, 3.05) is 158 Å². The number of carboxylic acid groups (broad SMARTS) is 2. The maximum atomic E-state index is 13.2. The van der Waals surface area contributed by atoms with E-state index in [-0.39, 0.29) is 182 Å². The third kappa shape index (κ3) is 35.5. The molecule has 0 heterocycles. The molecule has 8 N–H and O–H groups in total. The molecule has 32 heteroatoms. The van der Waals surface area contributed by atoms with Gasteiger partial charge in [-0.1, -0.05) is 97.1 Å². The summed E-state index contributed by atoms with van der Waals surface area (Å²) in [6.45, 7) is 10.6. The van der Waals surface area contributed by atoms with E-state index >= 15 is 0 Å². The molecule has 0 aromatic heterocycles. The number of alkyl carbamates (subject to hydrolysis) is 2. The van der Waals surface area contributed by atoms with Gasteiger partial charge < -0.3 is 99.3 Å². The summed E-state index contributed by atoms with van der Waals surface area (Å²) in [7, 11) is 0. The number of hydrogen-bond donors (Lipinski definition) is 8. The Morgan fingerprint density at radius 2 is 0.574 bits per heavy atom. The average molecular weight is 1510 g/mol. The molecule has 0 saturated carbocycles. The largest absolute Gasteiger partial charge is 0.481 e. The van der Waals surface area contributed by atoms with Crippen molar-refractivity contribution in [3.8, 4) is 22.3 Å². The number of carboxylic acids is 2. The van der Waals surface area contributed by atoms with E-state index in [1.165, 1.54) is 0 Å². The van der Waals surface area contributed by atoms with Gasteiger partial charge in [0.2, 0.25) is 35.4 Å². The Kier molecular flexibility index (Phi) is 39.5. The van der Waals surface area contributed by atoms with E-state index < -0.39 is 109 Å². The molecule has 0 saturated heterocycles. The molecule has 6 rings (SSSR count). The maximum Gasteiger partial charge on any atom is 0.407 e. The molecule has 2 aliphatic rings. The number of nitrogens with one attached hydrogen (secondary N) is 6. The zero-order chi connectivity index (χ0) is 78.7. The highest BCUT2D eigenvalue weighted by Crippen LogP contribution is 2.46. The van der Waals surface area contributed by atoms with Crippen LogP contribution >= 0.6 is 0 Å². The van der Waals surface area contributed by atoms with Gasteiger partial charge in [0.15, 0.2) is 0 Å². The number of rotatable bonds is 48. The van der Waals surface area contributed by atoms with Crippen molar-refractivity contribution < 1.29 is 115 Å². The van der Waals surface area contributed by atoms with Crippen molar-refractivity contribution in [3.63, 3.8) is 0 Å². The number of hydrogen-bond acceptors (Lipinski definition) is 22. The summed E-state index contributed by atoms with van der Waals surface area (Å²) in [6, 6.07) is 32.1. The van der Waals surface area contributed by atoms with Crippen molar-refractivity contribution in [2.45, 2.75) is 103 Å². The fraction of sp³-hybridized carbons (Fsp3) is 0.526. The van der Waals surface area contributed by atoms with Crippen LogP contribution in [0, 0.1) is 0 Å². The van der Waals surface area contributed by atoms with Gasteiger partial charge in [0.25, 0.3) is 0 Å². The highest BCUT2D eigenvalue weighted by Gasteiger charge is 2.31. The zero-order valence-corrected chi connectivity index (χ0v) is 62.4. The van der Waals surface area contributed by atoms with Crippen LogP contribution in [0.15, 0.2) is 97.1 Å². The minimum atomic E-state index is -1.01. The van der Waals surface area contributed by atoms with E-state index in [1.807, 2.05) is 72.8 Å². The molecular weight excluding hydrogens is 1410 g/mol. The van der Waals surface area contributed by atoms with Gasteiger partial charge in [-0.25, -0.2) is 9.59 Å². The number of amides is 8. The van der Waals surface area contributed by atoms with Crippen LogP contribution in [0.5, 0.6) is 0 Å². The Morgan fingerprint density at radius 3 is 0.833 bits per heavy atom. The minimum Gasteiger partial charge on any atom is -0.481 e. The number of aliphatic carboxylic acids is 2. The van der Waals surface area contributed by atoms with Gasteiger partial charge in [-0.05, 0) is 86.1 Å². The lowest BCUT2D eigenvalue weighted by Gasteiger charge is -2.22. The molecule has 0 spiro atoms. The summed E-state index contributed by atoms with van der Waals surface area (Å²) in [4.78, 5) is 148. The van der Waals surface area contributed by atoms with Crippen LogP contribution in [-0.4, -0.2) is 261 Å². The number of nitrogens with zero attached hydrogens (tertiary/aromatic N) is 2. The summed E-state index contributed by atoms with van der Waals surface area (Å²) >= 11 is 0. The summed E-state index contributed by atoms with van der Waals surface area (Å²) < 4.78 is 53.6. The lowest BCUT2D eigenvalue weighted by atomic mass is 9.98. The van der Waals surface area contributed by atoms with Gasteiger partial charge in [-0.2, -0.15) is 0 Å². The molecule has 0 atom stereocenters. The van der Waals surface area contributed by atoms with Crippen LogP contribution < -0.4 is 31.9 Å². The van der Waals surface area contributed by atoms with Gasteiger partial charge in [0, 0.05) is 51.1 Å². The summed E-state index contributed by atoms with van der Waals surface area (Å²) in [5.41, 5.74) is 7.73. The van der Waals surface area contributed by atoms with Crippen LogP contribution in [0.3, 0.4) is 0 Å². The molecule has 0 radical (unpaired) electrons. The third-order valence-electron chi connectivity index (χ3n) is 15.6. The average Bonchev–Trinajstić information content (AvgIpc) is 1.63. The van der Waals surface area contributed by atoms with Gasteiger partial charge in [0.1, 0.15) is 50.6 Å². The van der Waals surface area contributed by atoms with E-state index in [9.17, 15) is 57.5 Å². The molecule has 108 heavy (non-hydrogen) atoms. The minimum absolute atomic E-state index is 0.0166. The zero-order valence-electron chi connectivity index (χ0n) is 62.4. The monoisotopic (exact) mass is 1510 g/mol. The van der Waals surface area contributed by atoms with Gasteiger partial charge in [-0.3, -0.25) is 47.9 Å². The third-order valence-corrected chi connectivity index (χ3v) is 15.6. The molecule has 592 valence electrons. The summed E-state index contributed by atoms with van der Waals surface area (Å²) in [5.74, 6) is -6.14. The molecule has 8 amide bonds. The predicted molar refractivity (Wildman–Crippen MR) is 391 cm³/mol. The number of carbonyl (C=O) groups excluding carboxylic acids is 10. The first kappa shape index (κ1) is 88.5. The topological polar surface area (TPSA) is 416 Å². The summed E-state index contributed by atoms with van der Waals surface area (Å²) in [6.07, 6.45) is -1.71. The Hall–Kier alpha value is -10.1. The van der Waals surface area contributed by atoms with E-state index in [2.05, 4.69) is 56.2 Å². The number of benzene rings is 4. The van der Waals surface area contributed by atoms with E-state index in [1.54, 1.807) is 41.5 Å². The Bertz CT molecular complexity index is 3390. The molecular formula is C76H104N8O24. The second kappa shape index (κ2) is 48.2. The molecule has 4 aromatic rings. The number of carbonyl (C=O) groups is 12. The highest BCUT2D eigenvalue weighted by atomic mass is 16.6. The van der Waals surface area contributed by atoms with Crippen molar-refractivity contribution >= 4 is 71.5 Å². The molecule has 0 bridgehead atoms. The lowest BCUT2D eigenvalue weighted by molar-refractivity contribution is -0.157. The van der Waals surface area contributed by atoms with Crippen molar-refractivity contribution in [3.05, 3.63) is 119 Å². The number of ether oxygens (including phenoxy) is 10. The predicted octanol–water partition coefficient (Wildman–Crippen LogP) is 4.47. The first-order valence-electron chi connectivity index (χ1n) is 35.8. The van der Waals surface area contributed by atoms with Gasteiger partial charge in [-0.15, -0.1) is 0 Å². The second-order valence-corrected chi connectivity index (χ2v) is 26.5. The molecule has 4 aromatic carbocycles. The number of fused-ring (bicyclic) bond motifs is 6. The SMILES string of the molecule is CC(C)(C)OC(=O)CCOCCNC(=O)CN(CC(=O)NCCOCCC(=O)OC(C)(C)C)C(=O)CCOCCNC(=O)OCC1c2ccccc2-c2ccccc21.O=C(O)CCOCCNC(=O)CN(CC(=O)NCCOCCC(=O)O)C(=O)CCOCCNC(=O)OCC1c2ccccc2-c2ccccc21. The number of esters is 2. The van der Waals surface area contributed by atoms with Gasteiger partial charge >= 0.3 is 36.1 Å². The normalized spacial score (nSPS) is 11.9. The first-order chi connectivity index (χ1) is 51.7. The Morgan fingerprint density at radius 1 is 0.333 bits per heavy atom. The van der Waals surface area contributed by atoms with Gasteiger partial charge in [0.05, 0.1) is 118 Å². The Labute approximate surface area is 628 Å². The van der Waals surface area contributed by atoms with E-state index in [0.717, 1.165) is 54.3 Å². The highest BCUT2D eigenvalue weighted by molar-refractivity contribution is 5.90. The maximum absolute atomic E-state index is 13.2.